The number of nitrogens with two attached hydrogens (primary N) is 1. The number of fused-ring (bicyclic) bond motifs is 1. The third kappa shape index (κ3) is 3.08. The van der Waals surface area contributed by atoms with E-state index < -0.39 is 5.91 Å². The lowest BCUT2D eigenvalue weighted by atomic mass is 10.0. The minimum Gasteiger partial charge on any atom is -0.365 e. The second kappa shape index (κ2) is 6.88. The van der Waals surface area contributed by atoms with Crippen LogP contribution in [0, 0.1) is 0 Å². The summed E-state index contributed by atoms with van der Waals surface area (Å²) in [7, 11) is 0. The normalized spacial score (nSPS) is 16.7. The molecule has 4 rings (SSSR count). The standard InChI is InChI=1S/C20H23N5O/c1-14(24-9-3-2-4-10-24)15-5-7-16(8-6-15)17-11-22-20-18(19(21)26)12-23-25(20)13-17/h5-8,11-14H,2-4,9-10H2,1H3,(H2,21,26). The summed E-state index contributed by atoms with van der Waals surface area (Å²) in [6, 6.07) is 9.07. The lowest BCUT2D eigenvalue weighted by molar-refractivity contribution is 0.100. The third-order valence-corrected chi connectivity index (χ3v) is 5.29. The Morgan fingerprint density at radius 3 is 2.50 bits per heavy atom. The fraction of sp³-hybridized carbons (Fsp3) is 0.350. The fourth-order valence-corrected chi connectivity index (χ4v) is 3.67. The molecule has 2 N–H and O–H groups in total. The molecule has 26 heavy (non-hydrogen) atoms. The van der Waals surface area contributed by atoms with Gasteiger partial charge in [0.1, 0.15) is 5.56 Å². The lowest BCUT2D eigenvalue weighted by Crippen LogP contribution is -2.32. The predicted octanol–water partition coefficient (Wildman–Crippen LogP) is 3.04. The number of likely N-dealkylation sites (tertiary alicyclic amines) is 1. The first-order valence-corrected chi connectivity index (χ1v) is 9.11. The van der Waals surface area contributed by atoms with Gasteiger partial charge in [-0.05, 0) is 44.0 Å². The zero-order valence-electron chi connectivity index (χ0n) is 14.9. The quantitative estimate of drug-likeness (QED) is 0.785. The number of rotatable bonds is 4. The number of benzene rings is 1. The minimum absolute atomic E-state index is 0.335. The van der Waals surface area contributed by atoms with Crippen LogP contribution in [0.5, 0.6) is 0 Å². The first-order valence-electron chi connectivity index (χ1n) is 9.11. The molecule has 0 spiro atoms. The van der Waals surface area contributed by atoms with Crippen molar-refractivity contribution >= 4 is 11.6 Å². The highest BCUT2D eigenvalue weighted by atomic mass is 16.1. The van der Waals surface area contributed by atoms with Crippen LogP contribution in [0.25, 0.3) is 16.8 Å². The smallest absolute Gasteiger partial charge is 0.254 e. The van der Waals surface area contributed by atoms with Crippen LogP contribution in [-0.4, -0.2) is 38.5 Å². The van der Waals surface area contributed by atoms with Gasteiger partial charge in [0, 0.05) is 24.0 Å². The van der Waals surface area contributed by atoms with E-state index in [9.17, 15) is 4.79 Å². The fourth-order valence-electron chi connectivity index (χ4n) is 3.67. The van der Waals surface area contributed by atoms with Crippen molar-refractivity contribution in [1.29, 1.82) is 0 Å². The molecule has 1 saturated heterocycles. The molecule has 3 heterocycles. The van der Waals surface area contributed by atoms with E-state index >= 15 is 0 Å². The van der Waals surface area contributed by atoms with E-state index in [-0.39, 0.29) is 0 Å². The van der Waals surface area contributed by atoms with Gasteiger partial charge >= 0.3 is 0 Å². The second-order valence-corrected chi connectivity index (χ2v) is 6.93. The van der Waals surface area contributed by atoms with Crippen LogP contribution in [0.15, 0.2) is 42.9 Å². The first kappa shape index (κ1) is 16.7. The summed E-state index contributed by atoms with van der Waals surface area (Å²) in [4.78, 5) is 18.3. The number of carbonyl (C=O) groups is 1. The number of primary amides is 1. The summed E-state index contributed by atoms with van der Waals surface area (Å²) in [6.07, 6.45) is 9.03. The van der Waals surface area contributed by atoms with Crippen molar-refractivity contribution in [1.82, 2.24) is 19.5 Å². The summed E-state index contributed by atoms with van der Waals surface area (Å²) >= 11 is 0. The number of carbonyl (C=O) groups excluding carboxylic acids is 1. The largest absolute Gasteiger partial charge is 0.365 e. The predicted molar refractivity (Wildman–Crippen MR) is 101 cm³/mol. The maximum absolute atomic E-state index is 11.4. The molecule has 0 bridgehead atoms. The molecule has 1 unspecified atom stereocenters. The molecule has 3 aromatic rings. The molecule has 2 aromatic heterocycles. The van der Waals surface area contributed by atoms with E-state index in [1.165, 1.54) is 44.1 Å². The summed E-state index contributed by atoms with van der Waals surface area (Å²) in [6.45, 7) is 4.65. The minimum atomic E-state index is -0.517. The molecule has 6 heteroatoms. The topological polar surface area (TPSA) is 76.5 Å². The van der Waals surface area contributed by atoms with Gasteiger partial charge in [-0.3, -0.25) is 9.69 Å². The monoisotopic (exact) mass is 349 g/mol. The Labute approximate surface area is 152 Å². The number of hydrogen-bond donors (Lipinski definition) is 1. The summed E-state index contributed by atoms with van der Waals surface area (Å²) in [5.74, 6) is -0.517. The van der Waals surface area contributed by atoms with Gasteiger partial charge in [-0.25, -0.2) is 9.50 Å². The number of nitrogens with zero attached hydrogens (tertiary/aromatic N) is 4. The highest BCUT2D eigenvalue weighted by Crippen LogP contribution is 2.27. The molecular weight excluding hydrogens is 326 g/mol. The summed E-state index contributed by atoms with van der Waals surface area (Å²) in [5.41, 5.74) is 9.52. The van der Waals surface area contributed by atoms with Crippen molar-refractivity contribution in [2.24, 2.45) is 5.73 Å². The highest BCUT2D eigenvalue weighted by molar-refractivity contribution is 5.98. The number of hydrogen-bond acceptors (Lipinski definition) is 4. The molecule has 1 fully saturated rings. The molecule has 1 atom stereocenters. The van der Waals surface area contributed by atoms with Crippen molar-refractivity contribution in [3.63, 3.8) is 0 Å². The van der Waals surface area contributed by atoms with Crippen molar-refractivity contribution < 1.29 is 4.79 Å². The molecule has 1 amide bonds. The van der Waals surface area contributed by atoms with Crippen LogP contribution >= 0.6 is 0 Å². The molecule has 0 radical (unpaired) electrons. The van der Waals surface area contributed by atoms with Crippen molar-refractivity contribution in [3.05, 3.63) is 54.0 Å². The Kier molecular flexibility index (Phi) is 4.42. The van der Waals surface area contributed by atoms with E-state index in [1.54, 1.807) is 10.7 Å². The zero-order chi connectivity index (χ0) is 18.1. The number of piperidine rings is 1. The van der Waals surface area contributed by atoms with E-state index in [4.69, 9.17) is 5.73 Å². The molecular formula is C20H23N5O. The zero-order valence-corrected chi connectivity index (χ0v) is 14.9. The van der Waals surface area contributed by atoms with Crippen molar-refractivity contribution in [2.75, 3.05) is 13.1 Å². The van der Waals surface area contributed by atoms with E-state index in [2.05, 4.69) is 46.2 Å². The Morgan fingerprint density at radius 1 is 1.08 bits per heavy atom. The maximum Gasteiger partial charge on any atom is 0.254 e. The van der Waals surface area contributed by atoms with Gasteiger partial charge in [-0.2, -0.15) is 5.10 Å². The second-order valence-electron chi connectivity index (χ2n) is 6.93. The first-order chi connectivity index (χ1) is 12.6. The van der Waals surface area contributed by atoms with E-state index in [0.717, 1.165) is 11.1 Å². The molecule has 1 aliphatic heterocycles. The van der Waals surface area contributed by atoms with Crippen LogP contribution in [0.2, 0.25) is 0 Å². The van der Waals surface area contributed by atoms with Crippen molar-refractivity contribution in [2.45, 2.75) is 32.2 Å². The van der Waals surface area contributed by atoms with Gasteiger partial charge < -0.3 is 5.73 Å². The van der Waals surface area contributed by atoms with Gasteiger partial charge in [0.2, 0.25) is 0 Å². The average molecular weight is 349 g/mol. The maximum atomic E-state index is 11.4. The average Bonchev–Trinajstić information content (AvgIpc) is 3.12. The van der Waals surface area contributed by atoms with Crippen LogP contribution in [0.1, 0.15) is 48.1 Å². The molecule has 0 aliphatic carbocycles. The molecule has 6 nitrogen and oxygen atoms in total. The Morgan fingerprint density at radius 2 is 1.81 bits per heavy atom. The SMILES string of the molecule is CC(c1ccc(-c2cnc3c(C(N)=O)cnn3c2)cc1)N1CCCCC1. The number of aromatic nitrogens is 3. The number of amides is 1. The van der Waals surface area contributed by atoms with Gasteiger partial charge in [-0.15, -0.1) is 0 Å². The van der Waals surface area contributed by atoms with Gasteiger partial charge in [0.15, 0.2) is 5.65 Å². The van der Waals surface area contributed by atoms with Crippen molar-refractivity contribution in [3.8, 4) is 11.1 Å². The van der Waals surface area contributed by atoms with Crippen LogP contribution in [0.4, 0.5) is 0 Å². The van der Waals surface area contributed by atoms with Crippen LogP contribution < -0.4 is 5.73 Å². The Hall–Kier alpha value is -2.73. The molecule has 134 valence electrons. The Balaban J connectivity index is 1.58. The van der Waals surface area contributed by atoms with Crippen LogP contribution in [-0.2, 0) is 0 Å². The van der Waals surface area contributed by atoms with Gasteiger partial charge in [0.25, 0.3) is 5.91 Å². The van der Waals surface area contributed by atoms with E-state index in [0.29, 0.717) is 17.3 Å². The molecule has 1 aliphatic rings. The highest BCUT2D eigenvalue weighted by Gasteiger charge is 2.18. The molecule has 1 aromatic carbocycles. The van der Waals surface area contributed by atoms with Gasteiger partial charge in [0.05, 0.1) is 6.20 Å². The van der Waals surface area contributed by atoms with Gasteiger partial charge in [-0.1, -0.05) is 30.7 Å². The summed E-state index contributed by atoms with van der Waals surface area (Å²) < 4.78 is 1.60. The van der Waals surface area contributed by atoms with Crippen LogP contribution in [0.3, 0.4) is 0 Å². The summed E-state index contributed by atoms with van der Waals surface area (Å²) in [5, 5.41) is 4.18. The van der Waals surface area contributed by atoms with E-state index in [1.807, 2.05) is 6.20 Å². The Bertz CT molecular complexity index is 925. The third-order valence-electron chi connectivity index (χ3n) is 5.29. The lowest BCUT2D eigenvalue weighted by Gasteiger charge is -2.32. The molecule has 0 saturated carbocycles.